The standard InChI is InChI=1S/C12H21N3OS.2ClH/c1-4-12-15-10(8-17-12)6-11(16)14-7-9(3)13-5-2;;/h8-9,13H,4-7H2,1-3H3,(H,14,16);2*1H/t9-;;/m1../s1. The molecule has 1 atom stereocenters. The summed E-state index contributed by atoms with van der Waals surface area (Å²) in [5.41, 5.74) is 0.875. The SMILES string of the molecule is CCN[C@H](C)CNC(=O)Cc1csc(CC)n1.Cl.Cl. The molecule has 0 fully saturated rings. The van der Waals surface area contributed by atoms with Crippen LogP contribution in [0.1, 0.15) is 31.5 Å². The van der Waals surface area contributed by atoms with Crippen molar-refractivity contribution in [3.8, 4) is 0 Å². The molecule has 1 amide bonds. The Bertz CT molecular complexity index is 360. The first kappa shape index (κ1) is 20.9. The zero-order chi connectivity index (χ0) is 12.7. The number of halogens is 2. The van der Waals surface area contributed by atoms with Crippen molar-refractivity contribution in [2.24, 2.45) is 0 Å². The number of nitrogens with zero attached hydrogens (tertiary/aromatic N) is 1. The molecule has 4 nitrogen and oxygen atoms in total. The van der Waals surface area contributed by atoms with E-state index in [4.69, 9.17) is 0 Å². The maximum absolute atomic E-state index is 11.6. The molecule has 1 heterocycles. The van der Waals surface area contributed by atoms with Crippen LogP contribution in [0, 0.1) is 0 Å². The van der Waals surface area contributed by atoms with Gasteiger partial charge in [-0.05, 0) is 19.9 Å². The summed E-state index contributed by atoms with van der Waals surface area (Å²) in [4.78, 5) is 16.0. The first-order valence-corrected chi connectivity index (χ1v) is 6.97. The fourth-order valence-electron chi connectivity index (χ4n) is 1.51. The van der Waals surface area contributed by atoms with Crippen molar-refractivity contribution in [2.75, 3.05) is 13.1 Å². The smallest absolute Gasteiger partial charge is 0.226 e. The number of thiazole rings is 1. The van der Waals surface area contributed by atoms with E-state index < -0.39 is 0 Å². The zero-order valence-electron chi connectivity index (χ0n) is 11.6. The average molecular weight is 328 g/mol. The molecule has 0 radical (unpaired) electrons. The molecular formula is C12H23Cl2N3OS. The van der Waals surface area contributed by atoms with Crippen molar-refractivity contribution < 1.29 is 4.79 Å². The summed E-state index contributed by atoms with van der Waals surface area (Å²) < 4.78 is 0. The number of aromatic nitrogens is 1. The Balaban J connectivity index is 0. The van der Waals surface area contributed by atoms with Crippen LogP contribution in [-0.4, -0.2) is 30.0 Å². The van der Waals surface area contributed by atoms with E-state index in [0.29, 0.717) is 19.0 Å². The monoisotopic (exact) mass is 327 g/mol. The average Bonchev–Trinajstić information content (AvgIpc) is 2.74. The molecule has 112 valence electrons. The van der Waals surface area contributed by atoms with Gasteiger partial charge in [-0.15, -0.1) is 36.2 Å². The fourth-order valence-corrected chi connectivity index (χ4v) is 2.25. The number of likely N-dealkylation sites (N-methyl/N-ethyl adjacent to an activating group) is 1. The van der Waals surface area contributed by atoms with Crippen LogP contribution in [0.25, 0.3) is 0 Å². The largest absolute Gasteiger partial charge is 0.354 e. The second-order valence-corrected chi connectivity index (χ2v) is 4.97. The van der Waals surface area contributed by atoms with E-state index in [-0.39, 0.29) is 30.7 Å². The highest BCUT2D eigenvalue weighted by molar-refractivity contribution is 7.09. The summed E-state index contributed by atoms with van der Waals surface area (Å²) in [5.74, 6) is 0.0442. The first-order chi connectivity index (χ1) is 8.15. The number of hydrogen-bond donors (Lipinski definition) is 2. The second-order valence-electron chi connectivity index (χ2n) is 4.03. The normalized spacial score (nSPS) is 11.1. The summed E-state index contributed by atoms with van der Waals surface area (Å²) >= 11 is 1.62. The highest BCUT2D eigenvalue weighted by Crippen LogP contribution is 2.10. The highest BCUT2D eigenvalue weighted by atomic mass is 35.5. The summed E-state index contributed by atoms with van der Waals surface area (Å²) in [6, 6.07) is 0.311. The molecule has 1 aromatic heterocycles. The lowest BCUT2D eigenvalue weighted by molar-refractivity contribution is -0.120. The van der Waals surface area contributed by atoms with Gasteiger partial charge in [0.2, 0.25) is 5.91 Å². The lowest BCUT2D eigenvalue weighted by Gasteiger charge is -2.12. The minimum absolute atomic E-state index is 0. The molecule has 0 saturated carbocycles. The summed E-state index contributed by atoms with van der Waals surface area (Å²) in [5, 5.41) is 9.21. The molecule has 1 aromatic rings. The van der Waals surface area contributed by atoms with Crippen LogP contribution in [0.3, 0.4) is 0 Å². The number of carbonyl (C=O) groups excluding carboxylic acids is 1. The predicted molar refractivity (Wildman–Crippen MR) is 85.8 cm³/mol. The third-order valence-electron chi connectivity index (χ3n) is 2.40. The van der Waals surface area contributed by atoms with E-state index in [1.165, 1.54) is 0 Å². The molecule has 2 N–H and O–H groups in total. The minimum atomic E-state index is 0. The van der Waals surface area contributed by atoms with Crippen molar-refractivity contribution in [1.82, 2.24) is 15.6 Å². The Labute approximate surface area is 131 Å². The van der Waals surface area contributed by atoms with E-state index in [1.54, 1.807) is 11.3 Å². The van der Waals surface area contributed by atoms with Crippen LogP contribution < -0.4 is 10.6 Å². The van der Waals surface area contributed by atoms with E-state index in [2.05, 4.69) is 36.4 Å². The van der Waals surface area contributed by atoms with Gasteiger partial charge in [-0.3, -0.25) is 4.79 Å². The van der Waals surface area contributed by atoms with Gasteiger partial charge in [-0.2, -0.15) is 0 Å². The van der Waals surface area contributed by atoms with Crippen LogP contribution in [0.15, 0.2) is 5.38 Å². The Hall–Kier alpha value is -0.360. The van der Waals surface area contributed by atoms with Gasteiger partial charge >= 0.3 is 0 Å². The number of nitrogens with one attached hydrogen (secondary N) is 2. The Morgan fingerprint density at radius 3 is 2.63 bits per heavy atom. The molecule has 19 heavy (non-hydrogen) atoms. The van der Waals surface area contributed by atoms with Crippen LogP contribution in [0.5, 0.6) is 0 Å². The third-order valence-corrected chi connectivity index (χ3v) is 3.44. The molecule has 7 heteroatoms. The van der Waals surface area contributed by atoms with Gasteiger partial charge in [0.05, 0.1) is 17.1 Å². The van der Waals surface area contributed by atoms with Gasteiger partial charge in [0, 0.05) is 18.0 Å². The lowest BCUT2D eigenvalue weighted by Crippen LogP contribution is -2.39. The highest BCUT2D eigenvalue weighted by Gasteiger charge is 2.08. The fraction of sp³-hybridized carbons (Fsp3) is 0.667. The van der Waals surface area contributed by atoms with Gasteiger partial charge in [0.25, 0.3) is 0 Å². The molecule has 0 aliphatic heterocycles. The van der Waals surface area contributed by atoms with Crippen LogP contribution >= 0.6 is 36.2 Å². The molecule has 0 saturated heterocycles. The molecule has 1 rings (SSSR count). The molecule has 0 aliphatic carbocycles. The topological polar surface area (TPSA) is 54.0 Å². The summed E-state index contributed by atoms with van der Waals surface area (Å²) in [7, 11) is 0. The van der Waals surface area contributed by atoms with Crippen LogP contribution in [0.2, 0.25) is 0 Å². The zero-order valence-corrected chi connectivity index (χ0v) is 14.0. The van der Waals surface area contributed by atoms with Crippen LogP contribution in [0.4, 0.5) is 0 Å². The van der Waals surface area contributed by atoms with Gasteiger partial charge < -0.3 is 10.6 Å². The Kier molecular flexibility index (Phi) is 12.6. The molecule has 0 spiro atoms. The molecule has 0 unspecified atom stereocenters. The maximum Gasteiger partial charge on any atom is 0.226 e. The first-order valence-electron chi connectivity index (χ1n) is 6.09. The quantitative estimate of drug-likeness (QED) is 0.807. The Morgan fingerprint density at radius 2 is 2.11 bits per heavy atom. The van der Waals surface area contributed by atoms with E-state index >= 15 is 0 Å². The molecule has 0 bridgehead atoms. The van der Waals surface area contributed by atoms with E-state index in [9.17, 15) is 4.79 Å². The Morgan fingerprint density at radius 1 is 1.42 bits per heavy atom. The minimum Gasteiger partial charge on any atom is -0.354 e. The van der Waals surface area contributed by atoms with Gasteiger partial charge in [-0.1, -0.05) is 13.8 Å². The molecule has 0 aliphatic rings. The maximum atomic E-state index is 11.6. The van der Waals surface area contributed by atoms with Gasteiger partial charge in [0.15, 0.2) is 0 Å². The third kappa shape index (κ3) is 8.42. The summed E-state index contributed by atoms with van der Waals surface area (Å²) in [6.45, 7) is 7.77. The van der Waals surface area contributed by atoms with Crippen LogP contribution in [-0.2, 0) is 17.6 Å². The van der Waals surface area contributed by atoms with Crippen molar-refractivity contribution in [2.45, 2.75) is 39.7 Å². The number of amides is 1. The number of hydrogen-bond acceptors (Lipinski definition) is 4. The van der Waals surface area contributed by atoms with Crippen molar-refractivity contribution in [3.05, 3.63) is 16.1 Å². The van der Waals surface area contributed by atoms with E-state index in [1.807, 2.05) is 5.38 Å². The van der Waals surface area contributed by atoms with Crippen molar-refractivity contribution in [3.63, 3.8) is 0 Å². The van der Waals surface area contributed by atoms with Crippen molar-refractivity contribution >= 4 is 42.1 Å². The second kappa shape index (κ2) is 11.5. The summed E-state index contributed by atoms with van der Waals surface area (Å²) in [6.07, 6.45) is 1.32. The number of rotatable bonds is 7. The molecule has 0 aromatic carbocycles. The van der Waals surface area contributed by atoms with Gasteiger partial charge in [-0.25, -0.2) is 4.98 Å². The van der Waals surface area contributed by atoms with Crippen molar-refractivity contribution in [1.29, 1.82) is 0 Å². The lowest BCUT2D eigenvalue weighted by atomic mass is 10.3. The predicted octanol–water partition coefficient (Wildman–Crippen LogP) is 2.21. The van der Waals surface area contributed by atoms with Gasteiger partial charge in [0.1, 0.15) is 0 Å². The number of aryl methyl sites for hydroxylation is 1. The number of carbonyl (C=O) groups is 1. The van der Waals surface area contributed by atoms with E-state index in [0.717, 1.165) is 23.7 Å². The molecular weight excluding hydrogens is 305 g/mol.